The van der Waals surface area contributed by atoms with E-state index in [0.717, 1.165) is 63.1 Å². The molecule has 0 atom stereocenters. The first-order valence-electron chi connectivity index (χ1n) is 12.7. The Kier molecular flexibility index (Phi) is 7.42. The molecule has 182 valence electrons. The van der Waals surface area contributed by atoms with E-state index in [-0.39, 0.29) is 23.1 Å². The van der Waals surface area contributed by atoms with Gasteiger partial charge < -0.3 is 15.1 Å². The third-order valence-electron chi connectivity index (χ3n) is 7.49. The number of carbonyl (C=O) groups is 2. The van der Waals surface area contributed by atoms with Crippen molar-refractivity contribution in [2.24, 2.45) is 5.92 Å². The number of nitrogens with one attached hydrogen (secondary N) is 1. The number of amides is 2. The Labute approximate surface area is 204 Å². The van der Waals surface area contributed by atoms with Crippen molar-refractivity contribution >= 4 is 17.5 Å². The fourth-order valence-electron chi connectivity index (χ4n) is 5.14. The molecule has 0 unspecified atom stereocenters. The zero-order chi connectivity index (χ0) is 24.3. The van der Waals surface area contributed by atoms with Gasteiger partial charge in [0.1, 0.15) is 0 Å². The molecule has 1 N–H and O–H groups in total. The molecule has 2 aliphatic heterocycles. The predicted molar refractivity (Wildman–Crippen MR) is 138 cm³/mol. The van der Waals surface area contributed by atoms with E-state index in [2.05, 4.69) is 43.1 Å². The standard InChI is InChI=1S/C29H39N3O2/c1-21-5-11-25(12-6-21)30-27(33)22-13-17-31(18-14-22)26-15-19-32(20-16-26)28(34)23-7-9-24(10-8-23)29(2,3)4/h5-12,22,26H,13-20H2,1-4H3,(H,30,33). The quantitative estimate of drug-likeness (QED) is 0.677. The molecule has 0 aromatic heterocycles. The lowest BCUT2D eigenvalue weighted by Gasteiger charge is -2.41. The minimum atomic E-state index is 0.0790. The summed E-state index contributed by atoms with van der Waals surface area (Å²) in [4.78, 5) is 30.2. The fourth-order valence-corrected chi connectivity index (χ4v) is 5.14. The van der Waals surface area contributed by atoms with Crippen molar-refractivity contribution < 1.29 is 9.59 Å². The number of hydrogen-bond donors (Lipinski definition) is 1. The number of hydrogen-bond acceptors (Lipinski definition) is 3. The average molecular weight is 462 g/mol. The van der Waals surface area contributed by atoms with Gasteiger partial charge in [-0.05, 0) is 80.9 Å². The van der Waals surface area contributed by atoms with Crippen LogP contribution in [-0.4, -0.2) is 53.8 Å². The van der Waals surface area contributed by atoms with Crippen molar-refractivity contribution in [3.05, 3.63) is 65.2 Å². The van der Waals surface area contributed by atoms with Crippen LogP contribution >= 0.6 is 0 Å². The fraction of sp³-hybridized carbons (Fsp3) is 0.517. The maximum Gasteiger partial charge on any atom is 0.253 e. The Bertz CT molecular complexity index is 976. The van der Waals surface area contributed by atoms with Crippen LogP contribution in [0.5, 0.6) is 0 Å². The summed E-state index contributed by atoms with van der Waals surface area (Å²) < 4.78 is 0. The second kappa shape index (κ2) is 10.3. The van der Waals surface area contributed by atoms with Crippen LogP contribution in [0.25, 0.3) is 0 Å². The molecule has 2 amide bonds. The van der Waals surface area contributed by atoms with Crippen LogP contribution in [-0.2, 0) is 10.2 Å². The summed E-state index contributed by atoms with van der Waals surface area (Å²) in [7, 11) is 0. The smallest absolute Gasteiger partial charge is 0.253 e. The molecule has 2 fully saturated rings. The number of aryl methyl sites for hydroxylation is 1. The van der Waals surface area contributed by atoms with Gasteiger partial charge in [0.2, 0.25) is 5.91 Å². The molecule has 5 heteroatoms. The van der Waals surface area contributed by atoms with E-state index in [4.69, 9.17) is 0 Å². The molecule has 34 heavy (non-hydrogen) atoms. The van der Waals surface area contributed by atoms with Crippen LogP contribution in [0.15, 0.2) is 48.5 Å². The zero-order valence-electron chi connectivity index (χ0n) is 21.1. The molecule has 2 saturated heterocycles. The van der Waals surface area contributed by atoms with Gasteiger partial charge in [-0.25, -0.2) is 0 Å². The van der Waals surface area contributed by atoms with Gasteiger partial charge in [-0.2, -0.15) is 0 Å². The van der Waals surface area contributed by atoms with E-state index < -0.39 is 0 Å². The molecule has 0 bridgehead atoms. The van der Waals surface area contributed by atoms with Gasteiger partial charge in [0.15, 0.2) is 0 Å². The van der Waals surface area contributed by atoms with Crippen molar-refractivity contribution in [3.8, 4) is 0 Å². The number of anilines is 1. The van der Waals surface area contributed by atoms with E-state index >= 15 is 0 Å². The van der Waals surface area contributed by atoms with Gasteiger partial charge in [-0.1, -0.05) is 50.6 Å². The van der Waals surface area contributed by atoms with Gasteiger partial charge in [0, 0.05) is 36.3 Å². The molecule has 2 aliphatic rings. The second-order valence-corrected chi connectivity index (χ2v) is 11.0. The summed E-state index contributed by atoms with van der Waals surface area (Å²) in [6.45, 7) is 12.1. The normalized spacial score (nSPS) is 18.6. The molecule has 5 nitrogen and oxygen atoms in total. The number of rotatable bonds is 4. The Balaban J connectivity index is 1.23. The van der Waals surface area contributed by atoms with Gasteiger partial charge in [-0.3, -0.25) is 9.59 Å². The van der Waals surface area contributed by atoms with Crippen molar-refractivity contribution in [2.45, 2.75) is 64.8 Å². The predicted octanol–water partition coefficient (Wildman–Crippen LogP) is 5.25. The van der Waals surface area contributed by atoms with Crippen molar-refractivity contribution in [2.75, 3.05) is 31.5 Å². The Morgan fingerprint density at radius 2 is 1.41 bits per heavy atom. The lowest BCUT2D eigenvalue weighted by atomic mass is 9.86. The van der Waals surface area contributed by atoms with E-state index in [1.165, 1.54) is 11.1 Å². The van der Waals surface area contributed by atoms with Crippen LogP contribution in [0.3, 0.4) is 0 Å². The molecular weight excluding hydrogens is 422 g/mol. The highest BCUT2D eigenvalue weighted by molar-refractivity contribution is 5.94. The highest BCUT2D eigenvalue weighted by Crippen LogP contribution is 2.26. The average Bonchev–Trinajstić information content (AvgIpc) is 2.85. The largest absolute Gasteiger partial charge is 0.339 e. The maximum atomic E-state index is 13.0. The summed E-state index contributed by atoms with van der Waals surface area (Å²) in [5.41, 5.74) is 4.19. The monoisotopic (exact) mass is 461 g/mol. The van der Waals surface area contributed by atoms with Gasteiger partial charge in [0.05, 0.1) is 0 Å². The van der Waals surface area contributed by atoms with Crippen LogP contribution < -0.4 is 5.32 Å². The number of nitrogens with zero attached hydrogens (tertiary/aromatic N) is 2. The lowest BCUT2D eigenvalue weighted by Crippen LogP contribution is -2.49. The molecule has 0 spiro atoms. The van der Waals surface area contributed by atoms with Gasteiger partial charge in [0.25, 0.3) is 5.91 Å². The molecule has 2 heterocycles. The lowest BCUT2D eigenvalue weighted by molar-refractivity contribution is -0.121. The van der Waals surface area contributed by atoms with E-state index in [1.54, 1.807) is 0 Å². The Morgan fingerprint density at radius 3 is 1.97 bits per heavy atom. The highest BCUT2D eigenvalue weighted by Gasteiger charge is 2.32. The molecule has 4 rings (SSSR count). The molecular formula is C29H39N3O2. The maximum absolute atomic E-state index is 13.0. The Hall–Kier alpha value is -2.66. The number of likely N-dealkylation sites (tertiary alicyclic amines) is 2. The molecule has 0 radical (unpaired) electrons. The van der Waals surface area contributed by atoms with E-state index in [9.17, 15) is 9.59 Å². The first kappa shape index (κ1) is 24.5. The topological polar surface area (TPSA) is 52.7 Å². The van der Waals surface area contributed by atoms with Gasteiger partial charge in [-0.15, -0.1) is 0 Å². The summed E-state index contributed by atoms with van der Waals surface area (Å²) in [5.74, 6) is 0.363. The van der Waals surface area contributed by atoms with Crippen LogP contribution in [0.2, 0.25) is 0 Å². The number of piperidine rings is 2. The summed E-state index contributed by atoms with van der Waals surface area (Å²) in [6.07, 6.45) is 3.81. The van der Waals surface area contributed by atoms with Crippen LogP contribution in [0.1, 0.15) is 67.9 Å². The minimum absolute atomic E-state index is 0.0790. The second-order valence-electron chi connectivity index (χ2n) is 11.0. The first-order chi connectivity index (χ1) is 16.2. The Morgan fingerprint density at radius 1 is 0.824 bits per heavy atom. The molecule has 2 aromatic carbocycles. The minimum Gasteiger partial charge on any atom is -0.339 e. The zero-order valence-corrected chi connectivity index (χ0v) is 21.1. The SMILES string of the molecule is Cc1ccc(NC(=O)C2CCN(C3CCN(C(=O)c4ccc(C(C)(C)C)cc4)CC3)CC2)cc1. The molecule has 0 saturated carbocycles. The number of carbonyl (C=O) groups excluding carboxylic acids is 2. The number of benzene rings is 2. The molecule has 0 aliphatic carbocycles. The third-order valence-corrected chi connectivity index (χ3v) is 7.49. The molecule has 2 aromatic rings. The summed E-state index contributed by atoms with van der Waals surface area (Å²) in [5, 5.41) is 3.08. The highest BCUT2D eigenvalue weighted by atomic mass is 16.2. The van der Waals surface area contributed by atoms with Crippen molar-refractivity contribution in [1.29, 1.82) is 0 Å². The third kappa shape index (κ3) is 5.87. The van der Waals surface area contributed by atoms with Crippen LogP contribution in [0.4, 0.5) is 5.69 Å². The first-order valence-corrected chi connectivity index (χ1v) is 12.7. The van der Waals surface area contributed by atoms with Crippen molar-refractivity contribution in [1.82, 2.24) is 9.80 Å². The van der Waals surface area contributed by atoms with E-state index in [1.807, 2.05) is 48.2 Å². The van der Waals surface area contributed by atoms with Crippen LogP contribution in [0, 0.1) is 12.8 Å². The summed E-state index contributed by atoms with van der Waals surface area (Å²) in [6, 6.07) is 16.6. The van der Waals surface area contributed by atoms with E-state index in [0.29, 0.717) is 6.04 Å². The summed E-state index contributed by atoms with van der Waals surface area (Å²) >= 11 is 0. The van der Waals surface area contributed by atoms with Gasteiger partial charge >= 0.3 is 0 Å². The van der Waals surface area contributed by atoms with Crippen molar-refractivity contribution in [3.63, 3.8) is 0 Å².